The van der Waals surface area contributed by atoms with E-state index in [0.717, 1.165) is 0 Å². The highest BCUT2D eigenvalue weighted by molar-refractivity contribution is 7.88. The summed E-state index contributed by atoms with van der Waals surface area (Å²) in [5.41, 5.74) is 1.66. The van der Waals surface area contributed by atoms with Crippen molar-refractivity contribution in [1.29, 1.82) is 0 Å². The number of hydrogen-bond donors (Lipinski definition) is 2. The lowest BCUT2D eigenvalue weighted by atomic mass is 10.1. The number of methoxy groups -OCH3 is 1. The van der Waals surface area contributed by atoms with Crippen molar-refractivity contribution in [1.82, 2.24) is 9.62 Å². The minimum atomic E-state index is -3.44. The van der Waals surface area contributed by atoms with Gasteiger partial charge in [-0.3, -0.25) is 9.59 Å². The second-order valence-corrected chi connectivity index (χ2v) is 9.18. The first kappa shape index (κ1) is 23.9. The van der Waals surface area contributed by atoms with Crippen LogP contribution in [0.1, 0.15) is 26.3 Å². The van der Waals surface area contributed by atoms with Gasteiger partial charge in [0.05, 0.1) is 36.8 Å². The molecule has 0 aromatic heterocycles. The number of sulfonamides is 1. The Kier molecular flexibility index (Phi) is 8.34. The molecule has 2 N–H and O–H groups in total. The van der Waals surface area contributed by atoms with Gasteiger partial charge < -0.3 is 20.1 Å². The number of carbonyl (C=O) groups is 2. The van der Waals surface area contributed by atoms with E-state index in [1.54, 1.807) is 55.6 Å². The molecule has 2 amide bonds. The molecular formula is C22H27N3O6S. The number of rotatable bonds is 9. The summed E-state index contributed by atoms with van der Waals surface area (Å²) in [6.45, 7) is 2.22. The molecule has 32 heavy (non-hydrogen) atoms. The second kappa shape index (κ2) is 11.2. The smallest absolute Gasteiger partial charge is 0.255 e. The summed E-state index contributed by atoms with van der Waals surface area (Å²) < 4.78 is 36.7. The van der Waals surface area contributed by atoms with Crippen LogP contribution >= 0.6 is 0 Å². The van der Waals surface area contributed by atoms with Crippen molar-refractivity contribution in [2.24, 2.45) is 0 Å². The number of nitrogens with zero attached hydrogens (tertiary/aromatic N) is 1. The third kappa shape index (κ3) is 6.36. The summed E-state index contributed by atoms with van der Waals surface area (Å²) in [5, 5.41) is 5.47. The molecule has 172 valence electrons. The molecule has 10 heteroatoms. The van der Waals surface area contributed by atoms with Gasteiger partial charge in [-0.05, 0) is 29.8 Å². The average molecular weight is 462 g/mol. The Morgan fingerprint density at radius 3 is 2.41 bits per heavy atom. The topological polar surface area (TPSA) is 114 Å². The van der Waals surface area contributed by atoms with E-state index in [9.17, 15) is 18.0 Å². The average Bonchev–Trinajstić information content (AvgIpc) is 2.80. The first-order chi connectivity index (χ1) is 15.4. The molecule has 1 saturated heterocycles. The lowest BCUT2D eigenvalue weighted by Gasteiger charge is -2.26. The van der Waals surface area contributed by atoms with Crippen molar-refractivity contribution in [3.8, 4) is 0 Å². The molecule has 0 unspecified atom stereocenters. The number of para-hydroxylation sites is 1. The van der Waals surface area contributed by atoms with Crippen LogP contribution in [-0.4, -0.2) is 71.1 Å². The van der Waals surface area contributed by atoms with Crippen molar-refractivity contribution >= 4 is 27.5 Å². The monoisotopic (exact) mass is 461 g/mol. The van der Waals surface area contributed by atoms with Crippen molar-refractivity contribution in [3.05, 3.63) is 65.2 Å². The van der Waals surface area contributed by atoms with Crippen molar-refractivity contribution < 1.29 is 27.5 Å². The highest BCUT2D eigenvalue weighted by atomic mass is 32.2. The van der Waals surface area contributed by atoms with E-state index in [0.29, 0.717) is 61.8 Å². The molecule has 1 fully saturated rings. The number of carbonyl (C=O) groups excluding carboxylic acids is 2. The van der Waals surface area contributed by atoms with Gasteiger partial charge in [-0.1, -0.05) is 24.3 Å². The fourth-order valence-electron chi connectivity index (χ4n) is 3.23. The van der Waals surface area contributed by atoms with Crippen LogP contribution in [0.5, 0.6) is 0 Å². The molecule has 1 heterocycles. The van der Waals surface area contributed by atoms with Gasteiger partial charge in [0, 0.05) is 32.3 Å². The van der Waals surface area contributed by atoms with Gasteiger partial charge in [-0.2, -0.15) is 4.31 Å². The van der Waals surface area contributed by atoms with Crippen LogP contribution in [0.25, 0.3) is 0 Å². The molecule has 2 aromatic carbocycles. The third-order valence-electron chi connectivity index (χ3n) is 4.94. The van der Waals surface area contributed by atoms with Crippen LogP contribution < -0.4 is 10.6 Å². The lowest BCUT2D eigenvalue weighted by molar-refractivity contribution is 0.0729. The van der Waals surface area contributed by atoms with E-state index in [-0.39, 0.29) is 11.7 Å². The standard InChI is InChI=1S/C22H27N3O6S/c1-30-13-10-23-22(27)19-4-2-3-5-20(19)24-21(26)18-8-6-17(7-9-18)16-32(28,29)25-11-14-31-15-12-25/h2-9H,10-16H2,1H3,(H,23,27)(H,24,26). The quantitative estimate of drug-likeness (QED) is 0.547. The number of anilines is 1. The molecule has 1 aliphatic heterocycles. The van der Waals surface area contributed by atoms with E-state index in [4.69, 9.17) is 9.47 Å². The Morgan fingerprint density at radius 2 is 1.72 bits per heavy atom. The van der Waals surface area contributed by atoms with Gasteiger partial charge >= 0.3 is 0 Å². The molecule has 0 aliphatic carbocycles. The number of hydrogen-bond acceptors (Lipinski definition) is 6. The molecule has 0 spiro atoms. The summed E-state index contributed by atoms with van der Waals surface area (Å²) in [7, 11) is -1.90. The minimum absolute atomic E-state index is 0.140. The molecule has 9 nitrogen and oxygen atoms in total. The third-order valence-corrected chi connectivity index (χ3v) is 6.79. The summed E-state index contributed by atoms with van der Waals surface area (Å²) >= 11 is 0. The van der Waals surface area contributed by atoms with Crippen molar-refractivity contribution in [2.45, 2.75) is 5.75 Å². The second-order valence-electron chi connectivity index (χ2n) is 7.21. The first-order valence-corrected chi connectivity index (χ1v) is 11.8. The van der Waals surface area contributed by atoms with Crippen LogP contribution in [0.2, 0.25) is 0 Å². The number of ether oxygens (including phenoxy) is 2. The number of nitrogens with one attached hydrogen (secondary N) is 2. The molecule has 2 aromatic rings. The molecule has 0 atom stereocenters. The molecule has 0 bridgehead atoms. The van der Waals surface area contributed by atoms with Crippen molar-refractivity contribution in [3.63, 3.8) is 0 Å². The van der Waals surface area contributed by atoms with Crippen LogP contribution in [0.15, 0.2) is 48.5 Å². The lowest BCUT2D eigenvalue weighted by Crippen LogP contribution is -2.41. The van der Waals surface area contributed by atoms with Crippen molar-refractivity contribution in [2.75, 3.05) is 51.9 Å². The Balaban J connectivity index is 1.65. The zero-order chi connectivity index (χ0) is 23.0. The zero-order valence-corrected chi connectivity index (χ0v) is 18.7. The van der Waals surface area contributed by atoms with Crippen LogP contribution in [0.4, 0.5) is 5.69 Å². The SMILES string of the molecule is COCCNC(=O)c1ccccc1NC(=O)c1ccc(CS(=O)(=O)N2CCOCC2)cc1. The molecule has 1 aliphatic rings. The van der Waals surface area contributed by atoms with Crippen LogP contribution in [0.3, 0.4) is 0 Å². The molecule has 0 saturated carbocycles. The van der Waals surface area contributed by atoms with Gasteiger partial charge in [0.15, 0.2) is 0 Å². The van der Waals surface area contributed by atoms with E-state index in [2.05, 4.69) is 10.6 Å². The fraction of sp³-hybridized carbons (Fsp3) is 0.364. The Labute approximate surface area is 187 Å². The Hall–Kier alpha value is -2.79. The van der Waals surface area contributed by atoms with Gasteiger partial charge in [-0.25, -0.2) is 8.42 Å². The van der Waals surface area contributed by atoms with Gasteiger partial charge in [-0.15, -0.1) is 0 Å². The summed E-state index contributed by atoms with van der Waals surface area (Å²) in [5.74, 6) is -0.856. The van der Waals surface area contributed by atoms with Crippen LogP contribution in [0, 0.1) is 0 Å². The maximum absolute atomic E-state index is 12.7. The number of amides is 2. The predicted octanol–water partition coefficient (Wildman–Crippen LogP) is 1.48. The Morgan fingerprint density at radius 1 is 1.03 bits per heavy atom. The maximum atomic E-state index is 12.7. The van der Waals surface area contributed by atoms with E-state index in [1.807, 2.05) is 0 Å². The summed E-state index contributed by atoms with van der Waals surface area (Å²) in [6, 6.07) is 13.1. The number of morpholine rings is 1. The van der Waals surface area contributed by atoms with Gasteiger partial charge in [0.25, 0.3) is 11.8 Å². The largest absolute Gasteiger partial charge is 0.383 e. The molecule has 0 radical (unpaired) electrons. The summed E-state index contributed by atoms with van der Waals surface area (Å²) in [4.78, 5) is 25.1. The molecular weight excluding hydrogens is 434 g/mol. The van der Waals surface area contributed by atoms with Crippen LogP contribution in [-0.2, 0) is 25.2 Å². The van der Waals surface area contributed by atoms with E-state index >= 15 is 0 Å². The first-order valence-electron chi connectivity index (χ1n) is 10.2. The van der Waals surface area contributed by atoms with Gasteiger partial charge in [0.1, 0.15) is 0 Å². The van der Waals surface area contributed by atoms with E-state index < -0.39 is 15.9 Å². The number of benzene rings is 2. The van der Waals surface area contributed by atoms with E-state index in [1.165, 1.54) is 4.31 Å². The normalized spacial score (nSPS) is 14.7. The predicted molar refractivity (Wildman–Crippen MR) is 120 cm³/mol. The minimum Gasteiger partial charge on any atom is -0.383 e. The maximum Gasteiger partial charge on any atom is 0.255 e. The highest BCUT2D eigenvalue weighted by Gasteiger charge is 2.24. The molecule has 3 rings (SSSR count). The highest BCUT2D eigenvalue weighted by Crippen LogP contribution is 2.18. The zero-order valence-electron chi connectivity index (χ0n) is 17.9. The fourth-order valence-corrected chi connectivity index (χ4v) is 4.73. The van der Waals surface area contributed by atoms with Gasteiger partial charge in [0.2, 0.25) is 10.0 Å². The Bertz CT molecular complexity index is 1030. The summed E-state index contributed by atoms with van der Waals surface area (Å²) in [6.07, 6.45) is 0.